The van der Waals surface area contributed by atoms with Gasteiger partial charge in [-0.25, -0.2) is 13.6 Å². The molecule has 3 aromatic rings. The van der Waals surface area contributed by atoms with Gasteiger partial charge >= 0.3 is 0 Å². The number of ether oxygens (including phenoxy) is 1. The number of hydrogen-bond acceptors (Lipinski definition) is 7. The number of rotatable bonds is 4. The highest BCUT2D eigenvalue weighted by Gasteiger charge is 2.42. The molecule has 1 heterocycles. The van der Waals surface area contributed by atoms with Crippen molar-refractivity contribution in [3.8, 4) is 11.8 Å². The summed E-state index contributed by atoms with van der Waals surface area (Å²) in [5.74, 6) is 0.00570. The predicted molar refractivity (Wildman–Crippen MR) is 136 cm³/mol. The van der Waals surface area contributed by atoms with E-state index in [1.54, 1.807) is 24.1 Å². The van der Waals surface area contributed by atoms with Crippen molar-refractivity contribution in [1.29, 1.82) is 5.26 Å². The molecular weight excluding hydrogens is 476 g/mol. The van der Waals surface area contributed by atoms with Crippen molar-refractivity contribution < 1.29 is 17.9 Å². The number of anilines is 1. The molecule has 2 aliphatic rings. The maximum atomic E-state index is 13.5. The Morgan fingerprint density at radius 3 is 2.44 bits per heavy atom. The number of carbonyl (C=O) groups excluding carboxylic acids is 1. The first-order valence-electron chi connectivity index (χ1n) is 11.4. The largest absolute Gasteiger partial charge is 0.496 e. The molecule has 1 aliphatic heterocycles. The van der Waals surface area contributed by atoms with Gasteiger partial charge < -0.3 is 10.5 Å². The van der Waals surface area contributed by atoms with E-state index in [4.69, 9.17) is 15.6 Å². The van der Waals surface area contributed by atoms with E-state index < -0.39 is 15.9 Å². The summed E-state index contributed by atoms with van der Waals surface area (Å²) in [5, 5.41) is 17.4. The van der Waals surface area contributed by atoms with Crippen LogP contribution in [-0.2, 0) is 14.8 Å². The minimum Gasteiger partial charge on any atom is -0.496 e. The van der Waals surface area contributed by atoms with E-state index in [0.717, 1.165) is 16.3 Å². The first kappa shape index (κ1) is 23.6. The van der Waals surface area contributed by atoms with Crippen molar-refractivity contribution in [2.75, 3.05) is 12.0 Å². The highest BCUT2D eigenvalue weighted by atomic mass is 32.2. The van der Waals surface area contributed by atoms with Crippen LogP contribution < -0.4 is 20.5 Å². The van der Waals surface area contributed by atoms with E-state index in [2.05, 4.69) is 6.07 Å². The number of hydrogen-bond donors (Lipinski definition) is 2. The Hall–Kier alpha value is -4.13. The molecule has 4 N–H and O–H groups in total. The van der Waals surface area contributed by atoms with E-state index in [9.17, 15) is 18.5 Å². The number of carbonyl (C=O) groups is 1. The third-order valence-electron chi connectivity index (χ3n) is 6.78. The average Bonchev–Trinajstić information content (AvgIpc) is 2.87. The molecular formula is C27H24N4O4S. The van der Waals surface area contributed by atoms with Crippen molar-refractivity contribution in [2.45, 2.75) is 30.1 Å². The lowest BCUT2D eigenvalue weighted by molar-refractivity contribution is -0.116. The smallest absolute Gasteiger partial charge is 0.238 e. The first-order valence-corrected chi connectivity index (χ1v) is 13.0. The Labute approximate surface area is 209 Å². The zero-order chi connectivity index (χ0) is 25.6. The Kier molecular flexibility index (Phi) is 5.79. The number of methoxy groups -OCH3 is 1. The lowest BCUT2D eigenvalue weighted by Gasteiger charge is -2.40. The van der Waals surface area contributed by atoms with Crippen molar-refractivity contribution >= 4 is 32.3 Å². The average molecular weight is 501 g/mol. The van der Waals surface area contributed by atoms with Gasteiger partial charge in [0.2, 0.25) is 10.0 Å². The van der Waals surface area contributed by atoms with Crippen LogP contribution >= 0.6 is 0 Å². The quantitative estimate of drug-likeness (QED) is 0.555. The van der Waals surface area contributed by atoms with E-state index in [0.29, 0.717) is 42.0 Å². The van der Waals surface area contributed by atoms with Crippen LogP contribution in [0.25, 0.3) is 10.8 Å². The van der Waals surface area contributed by atoms with Gasteiger partial charge in [-0.15, -0.1) is 0 Å². The van der Waals surface area contributed by atoms with Gasteiger partial charge in [0.05, 0.1) is 29.6 Å². The van der Waals surface area contributed by atoms with Crippen LogP contribution in [0.2, 0.25) is 0 Å². The molecule has 0 saturated carbocycles. The van der Waals surface area contributed by atoms with Crippen LogP contribution in [0.4, 0.5) is 5.69 Å². The van der Waals surface area contributed by atoms with Crippen molar-refractivity contribution in [1.82, 2.24) is 0 Å². The number of nitrogens with zero attached hydrogens (tertiary/aromatic N) is 2. The summed E-state index contributed by atoms with van der Waals surface area (Å²) >= 11 is 0. The number of primary sulfonamides is 1. The molecule has 0 spiro atoms. The van der Waals surface area contributed by atoms with Gasteiger partial charge in [0.15, 0.2) is 5.78 Å². The standard InChI is InChI=1S/C27H24N4O4S/c1-35-23-14-9-16-5-2-3-6-19(16)24(23)25-20(15-28)27(29)31(21-7-4-8-22(32)26(21)25)17-10-12-18(13-11-17)36(30,33)34/h2-3,5-6,9-14,25H,4,7-8,29H2,1H3,(H2,30,33,34). The molecule has 8 nitrogen and oxygen atoms in total. The van der Waals surface area contributed by atoms with E-state index in [1.165, 1.54) is 12.1 Å². The molecule has 182 valence electrons. The molecule has 36 heavy (non-hydrogen) atoms. The molecule has 3 aromatic carbocycles. The molecule has 0 aromatic heterocycles. The molecule has 0 bridgehead atoms. The van der Waals surface area contributed by atoms with Gasteiger partial charge in [-0.05, 0) is 53.9 Å². The topological polar surface area (TPSA) is 140 Å². The molecule has 0 radical (unpaired) electrons. The lowest BCUT2D eigenvalue weighted by Crippen LogP contribution is -2.38. The van der Waals surface area contributed by atoms with E-state index in [1.807, 2.05) is 36.4 Å². The number of ketones is 1. The molecule has 1 atom stereocenters. The normalized spacial score (nSPS) is 18.3. The third-order valence-corrected chi connectivity index (χ3v) is 7.71. The van der Waals surface area contributed by atoms with Crippen molar-refractivity contribution in [2.24, 2.45) is 10.9 Å². The second-order valence-electron chi connectivity index (χ2n) is 8.76. The fourth-order valence-electron chi connectivity index (χ4n) is 5.21. The fraction of sp³-hybridized carbons (Fsp3) is 0.185. The maximum absolute atomic E-state index is 13.5. The van der Waals surface area contributed by atoms with Crippen LogP contribution in [-0.4, -0.2) is 21.3 Å². The lowest BCUT2D eigenvalue weighted by atomic mass is 9.74. The van der Waals surface area contributed by atoms with Gasteiger partial charge in [-0.2, -0.15) is 5.26 Å². The van der Waals surface area contributed by atoms with Crippen molar-refractivity contribution in [3.05, 3.63) is 88.9 Å². The maximum Gasteiger partial charge on any atom is 0.238 e. The number of fused-ring (bicyclic) bond motifs is 1. The molecule has 1 unspecified atom stereocenters. The highest BCUT2D eigenvalue weighted by Crippen LogP contribution is 2.50. The second-order valence-corrected chi connectivity index (χ2v) is 10.3. The minimum absolute atomic E-state index is 0.0430. The molecule has 0 amide bonds. The van der Waals surface area contributed by atoms with Gasteiger partial charge in [0.25, 0.3) is 0 Å². The summed E-state index contributed by atoms with van der Waals surface area (Å²) in [7, 11) is -2.32. The molecule has 9 heteroatoms. The first-order chi connectivity index (χ1) is 17.3. The predicted octanol–water partition coefficient (Wildman–Crippen LogP) is 3.80. The van der Waals surface area contributed by atoms with Gasteiger partial charge in [0.1, 0.15) is 11.6 Å². The summed E-state index contributed by atoms with van der Waals surface area (Å²) in [6, 6.07) is 19.7. The van der Waals surface area contributed by atoms with Crippen LogP contribution in [0.5, 0.6) is 5.75 Å². The zero-order valence-corrected chi connectivity index (χ0v) is 20.4. The molecule has 0 fully saturated rings. The number of nitriles is 1. The molecule has 1 aliphatic carbocycles. The summed E-state index contributed by atoms with van der Waals surface area (Å²) in [6.45, 7) is 0. The number of benzene rings is 3. The summed E-state index contributed by atoms with van der Waals surface area (Å²) in [4.78, 5) is 15.1. The minimum atomic E-state index is -3.88. The van der Waals surface area contributed by atoms with Gasteiger partial charge in [-0.3, -0.25) is 9.69 Å². The Morgan fingerprint density at radius 1 is 1.06 bits per heavy atom. The van der Waals surface area contributed by atoms with Gasteiger partial charge in [0, 0.05) is 28.9 Å². The van der Waals surface area contributed by atoms with Crippen LogP contribution in [0, 0.1) is 11.3 Å². The number of sulfonamides is 1. The SMILES string of the molecule is COc1ccc2ccccc2c1C1C(C#N)=C(N)N(c2ccc(S(N)(=O)=O)cc2)C2=C1C(=O)CCC2. The second kappa shape index (κ2) is 8.82. The van der Waals surface area contributed by atoms with Crippen LogP contribution in [0.3, 0.4) is 0 Å². The fourth-order valence-corrected chi connectivity index (χ4v) is 5.72. The van der Waals surface area contributed by atoms with E-state index >= 15 is 0 Å². The number of allylic oxidation sites excluding steroid dienone is 3. The molecule has 5 rings (SSSR count). The zero-order valence-electron chi connectivity index (χ0n) is 19.6. The third kappa shape index (κ3) is 3.71. The van der Waals surface area contributed by atoms with E-state index in [-0.39, 0.29) is 22.1 Å². The molecule has 0 saturated heterocycles. The summed E-state index contributed by atoms with van der Waals surface area (Å²) < 4.78 is 29.2. The van der Waals surface area contributed by atoms with Crippen LogP contribution in [0.15, 0.2) is 88.2 Å². The Morgan fingerprint density at radius 2 is 1.78 bits per heavy atom. The monoisotopic (exact) mass is 500 g/mol. The summed E-state index contributed by atoms with van der Waals surface area (Å²) in [6.07, 6.45) is 1.57. The highest BCUT2D eigenvalue weighted by molar-refractivity contribution is 7.89. The Bertz CT molecular complexity index is 1620. The van der Waals surface area contributed by atoms with Crippen molar-refractivity contribution in [3.63, 3.8) is 0 Å². The number of nitrogens with two attached hydrogens (primary N) is 2. The van der Waals surface area contributed by atoms with Crippen LogP contribution in [0.1, 0.15) is 30.7 Å². The summed E-state index contributed by atoms with van der Waals surface area (Å²) in [5.41, 5.74) is 9.37. The Balaban J connectivity index is 1.79. The van der Waals surface area contributed by atoms with Gasteiger partial charge in [-0.1, -0.05) is 30.3 Å². The number of Topliss-reactive ketones (excluding diaryl/α,β-unsaturated/α-hetero) is 1.